The molecule has 2 heterocycles. The van der Waals surface area contributed by atoms with Gasteiger partial charge in [-0.25, -0.2) is 0 Å². The van der Waals surface area contributed by atoms with Crippen molar-refractivity contribution in [2.45, 2.75) is 108 Å². The molecule has 5 aliphatic rings. The second-order valence-corrected chi connectivity index (χ2v) is 12.9. The van der Waals surface area contributed by atoms with E-state index in [0.29, 0.717) is 29.7 Å². The quantitative estimate of drug-likeness (QED) is 0.374. The van der Waals surface area contributed by atoms with Gasteiger partial charge in [0.25, 0.3) is 0 Å². The van der Waals surface area contributed by atoms with Crippen molar-refractivity contribution in [2.75, 3.05) is 19.6 Å². The molecular formula is C29H42N2O5. The summed E-state index contributed by atoms with van der Waals surface area (Å²) < 4.78 is 12.2. The Labute approximate surface area is 214 Å². The molecule has 0 aromatic heterocycles. The number of hydrogen-bond donors (Lipinski definition) is 3. The number of benzene rings is 1. The van der Waals surface area contributed by atoms with Crippen molar-refractivity contribution in [3.63, 3.8) is 0 Å². The molecule has 0 radical (unpaired) electrons. The number of esters is 1. The van der Waals surface area contributed by atoms with E-state index in [-0.39, 0.29) is 35.9 Å². The number of piperidine rings is 1. The summed E-state index contributed by atoms with van der Waals surface area (Å²) in [5, 5.41) is 24.7. The molecule has 3 aliphatic carbocycles. The molecule has 0 amide bonds. The Hall–Kier alpha value is -1.83. The number of likely N-dealkylation sites (tertiary alicyclic amines) is 1. The first-order valence-corrected chi connectivity index (χ1v) is 14.1. The summed E-state index contributed by atoms with van der Waals surface area (Å²) in [6, 6.07) is 2.72. The lowest BCUT2D eigenvalue weighted by atomic mass is 9.51. The summed E-state index contributed by atoms with van der Waals surface area (Å²) in [7, 11) is 0. The average molecular weight is 499 g/mol. The maximum atomic E-state index is 12.2. The Kier molecular flexibility index (Phi) is 6.05. The minimum Gasteiger partial charge on any atom is -0.504 e. The van der Waals surface area contributed by atoms with Crippen LogP contribution in [0, 0.1) is 11.8 Å². The molecule has 3 N–H and O–H groups in total. The van der Waals surface area contributed by atoms with E-state index >= 15 is 0 Å². The van der Waals surface area contributed by atoms with Crippen LogP contribution in [-0.2, 0) is 28.0 Å². The lowest BCUT2D eigenvalue weighted by molar-refractivity contribution is -0.154. The van der Waals surface area contributed by atoms with Gasteiger partial charge in [-0.15, -0.1) is 0 Å². The van der Waals surface area contributed by atoms with Gasteiger partial charge in [-0.3, -0.25) is 9.69 Å². The predicted octanol–water partition coefficient (Wildman–Crippen LogP) is 3.41. The largest absolute Gasteiger partial charge is 0.504 e. The number of carbonyl (C=O) groups excluding carboxylic acids is 1. The van der Waals surface area contributed by atoms with Crippen molar-refractivity contribution in [1.29, 1.82) is 0 Å². The van der Waals surface area contributed by atoms with Gasteiger partial charge in [0.15, 0.2) is 11.5 Å². The highest BCUT2D eigenvalue weighted by Gasteiger charge is 2.66. The van der Waals surface area contributed by atoms with Crippen LogP contribution in [0.1, 0.15) is 82.4 Å². The lowest BCUT2D eigenvalue weighted by Gasteiger charge is -2.59. The van der Waals surface area contributed by atoms with E-state index in [1.807, 2.05) is 26.8 Å². The number of rotatable bonds is 8. The molecular weight excluding hydrogens is 456 g/mol. The molecule has 2 saturated carbocycles. The van der Waals surface area contributed by atoms with Gasteiger partial charge < -0.3 is 25.0 Å². The van der Waals surface area contributed by atoms with E-state index < -0.39 is 5.60 Å². The molecule has 198 valence electrons. The third kappa shape index (κ3) is 4.02. The molecule has 1 saturated heterocycles. The first-order chi connectivity index (χ1) is 17.2. The third-order valence-electron chi connectivity index (χ3n) is 9.37. The summed E-state index contributed by atoms with van der Waals surface area (Å²) in [6.07, 6.45) is 8.05. The smallest absolute Gasteiger partial charge is 0.306 e. The highest BCUT2D eigenvalue weighted by Crippen LogP contribution is 2.64. The number of nitrogens with one attached hydrogen (secondary N) is 1. The SMILES string of the molecule is CC(C)(C)OC(=O)CCCNC1CC[C@H]2[C@H]3Cc4cc(CO)c(O)c5c4[C@@]2(CCN3CC2CC2)C1O5. The molecule has 1 aromatic rings. The van der Waals surface area contributed by atoms with Gasteiger partial charge in [-0.1, -0.05) is 0 Å². The first-order valence-electron chi connectivity index (χ1n) is 14.1. The lowest BCUT2D eigenvalue weighted by Crippen LogP contribution is -2.68. The van der Waals surface area contributed by atoms with Gasteiger partial charge in [0.1, 0.15) is 11.7 Å². The average Bonchev–Trinajstić information content (AvgIpc) is 3.57. The third-order valence-corrected chi connectivity index (χ3v) is 9.37. The minimum atomic E-state index is -0.454. The summed E-state index contributed by atoms with van der Waals surface area (Å²) in [5.41, 5.74) is 2.53. The summed E-state index contributed by atoms with van der Waals surface area (Å²) in [6.45, 7) is 8.55. The van der Waals surface area contributed by atoms with E-state index in [9.17, 15) is 15.0 Å². The molecule has 1 aromatic carbocycles. The fourth-order valence-electron chi connectivity index (χ4n) is 7.86. The topological polar surface area (TPSA) is 91.3 Å². The number of carbonyl (C=O) groups is 1. The van der Waals surface area contributed by atoms with Gasteiger partial charge in [0.05, 0.1) is 6.61 Å². The van der Waals surface area contributed by atoms with E-state index in [2.05, 4.69) is 10.2 Å². The molecule has 36 heavy (non-hydrogen) atoms. The van der Waals surface area contributed by atoms with E-state index in [1.165, 1.54) is 30.5 Å². The van der Waals surface area contributed by atoms with Crippen LogP contribution in [-0.4, -0.2) is 64.5 Å². The summed E-state index contributed by atoms with van der Waals surface area (Å²) >= 11 is 0. The van der Waals surface area contributed by atoms with Crippen LogP contribution in [0.15, 0.2) is 6.07 Å². The Morgan fingerprint density at radius 3 is 2.81 bits per heavy atom. The molecule has 6 rings (SSSR count). The zero-order valence-corrected chi connectivity index (χ0v) is 22.0. The Morgan fingerprint density at radius 2 is 2.08 bits per heavy atom. The maximum absolute atomic E-state index is 12.2. The van der Waals surface area contributed by atoms with Gasteiger partial charge in [0, 0.05) is 41.6 Å². The van der Waals surface area contributed by atoms with E-state index in [0.717, 1.165) is 51.1 Å². The van der Waals surface area contributed by atoms with Crippen LogP contribution >= 0.6 is 0 Å². The number of phenols is 1. The van der Waals surface area contributed by atoms with Crippen molar-refractivity contribution < 1.29 is 24.5 Å². The monoisotopic (exact) mass is 498 g/mol. The number of ether oxygens (including phenoxy) is 2. The van der Waals surface area contributed by atoms with Crippen LogP contribution in [0.4, 0.5) is 0 Å². The zero-order chi connectivity index (χ0) is 25.2. The molecule has 5 atom stereocenters. The Morgan fingerprint density at radius 1 is 1.28 bits per heavy atom. The maximum Gasteiger partial charge on any atom is 0.306 e. The summed E-state index contributed by atoms with van der Waals surface area (Å²) in [4.78, 5) is 14.9. The predicted molar refractivity (Wildman–Crippen MR) is 136 cm³/mol. The van der Waals surface area contributed by atoms with Crippen LogP contribution in [0.3, 0.4) is 0 Å². The van der Waals surface area contributed by atoms with Crippen molar-refractivity contribution >= 4 is 5.97 Å². The summed E-state index contributed by atoms with van der Waals surface area (Å²) in [5.74, 6) is 2.00. The normalized spacial score (nSPS) is 32.7. The van der Waals surface area contributed by atoms with Gasteiger partial charge in [0.2, 0.25) is 0 Å². The molecule has 7 heteroatoms. The number of hydrogen-bond acceptors (Lipinski definition) is 7. The Balaban J connectivity index is 1.24. The van der Waals surface area contributed by atoms with Gasteiger partial charge in [-0.05, 0) is 102 Å². The second kappa shape index (κ2) is 8.88. The molecule has 3 fully saturated rings. The van der Waals surface area contributed by atoms with Crippen LogP contribution in [0.25, 0.3) is 0 Å². The fourth-order valence-corrected chi connectivity index (χ4v) is 7.86. The number of aromatic hydroxyl groups is 1. The van der Waals surface area contributed by atoms with Crippen molar-refractivity contribution in [2.24, 2.45) is 11.8 Å². The number of aliphatic hydroxyl groups is 1. The van der Waals surface area contributed by atoms with Crippen molar-refractivity contribution in [3.8, 4) is 11.5 Å². The Bertz CT molecular complexity index is 1030. The molecule has 2 bridgehead atoms. The molecule has 2 unspecified atom stereocenters. The fraction of sp³-hybridized carbons (Fsp3) is 0.759. The number of aliphatic hydroxyl groups excluding tert-OH is 1. The van der Waals surface area contributed by atoms with Crippen molar-refractivity contribution in [3.05, 3.63) is 22.8 Å². The van der Waals surface area contributed by atoms with Crippen LogP contribution < -0.4 is 10.1 Å². The van der Waals surface area contributed by atoms with E-state index in [1.54, 1.807) is 0 Å². The van der Waals surface area contributed by atoms with Crippen LogP contribution in [0.5, 0.6) is 11.5 Å². The van der Waals surface area contributed by atoms with Crippen LogP contribution in [0.2, 0.25) is 0 Å². The second-order valence-electron chi connectivity index (χ2n) is 12.9. The zero-order valence-electron chi connectivity index (χ0n) is 22.0. The van der Waals surface area contributed by atoms with Crippen molar-refractivity contribution in [1.82, 2.24) is 10.2 Å². The van der Waals surface area contributed by atoms with Gasteiger partial charge in [-0.2, -0.15) is 0 Å². The minimum absolute atomic E-state index is 0.0303. The molecule has 1 spiro atoms. The number of nitrogens with zero attached hydrogens (tertiary/aromatic N) is 1. The van der Waals surface area contributed by atoms with Gasteiger partial charge >= 0.3 is 5.97 Å². The first kappa shape index (κ1) is 24.5. The highest BCUT2D eigenvalue weighted by molar-refractivity contribution is 5.69. The van der Waals surface area contributed by atoms with E-state index in [4.69, 9.17) is 9.47 Å². The highest BCUT2D eigenvalue weighted by atomic mass is 16.6. The molecule has 7 nitrogen and oxygen atoms in total. The standard InChI is InChI=1S/C29H42N2O5/c1-28(2,3)36-23(33)5-4-11-30-21-9-8-20-22-14-18-13-19(16-32)25(34)26-24(18)29(20,27(21)35-26)10-12-31(22)15-17-6-7-17/h13,17,20-22,27,30,32,34H,4-12,14-16H2,1-3H3/t20-,21?,22+,27?,29-/m0/s1. The molecule has 2 aliphatic heterocycles.